The maximum absolute atomic E-state index is 12.8. The summed E-state index contributed by atoms with van der Waals surface area (Å²) in [6.07, 6.45) is 4.15. The first kappa shape index (κ1) is 21.3. The second kappa shape index (κ2) is 8.93. The van der Waals surface area contributed by atoms with Gasteiger partial charge in [-0.15, -0.1) is 0 Å². The van der Waals surface area contributed by atoms with E-state index in [9.17, 15) is 9.59 Å². The molecule has 1 heterocycles. The summed E-state index contributed by atoms with van der Waals surface area (Å²) in [6.45, 7) is 4.54. The Labute approximate surface area is 172 Å². The zero-order valence-corrected chi connectivity index (χ0v) is 17.7. The number of nitrogens with zero attached hydrogens (tertiary/aromatic N) is 1. The summed E-state index contributed by atoms with van der Waals surface area (Å²) >= 11 is 0. The molecule has 1 aliphatic heterocycles. The second-order valence-corrected chi connectivity index (χ2v) is 7.98. The highest BCUT2D eigenvalue weighted by Crippen LogP contribution is 2.46. The van der Waals surface area contributed by atoms with E-state index in [0.717, 1.165) is 18.4 Å². The van der Waals surface area contributed by atoms with Crippen molar-refractivity contribution in [1.82, 2.24) is 4.90 Å². The van der Waals surface area contributed by atoms with Crippen LogP contribution in [0.15, 0.2) is 18.2 Å². The number of carbonyl (C=O) groups is 2. The summed E-state index contributed by atoms with van der Waals surface area (Å²) in [5.41, 5.74) is 0.0458. The number of ether oxygens (including phenoxy) is 4. The molecule has 7 nitrogen and oxygen atoms in total. The van der Waals surface area contributed by atoms with Crippen LogP contribution in [0, 0.1) is 5.41 Å². The van der Waals surface area contributed by atoms with Crippen LogP contribution in [0.5, 0.6) is 11.5 Å². The molecule has 0 radical (unpaired) electrons. The summed E-state index contributed by atoms with van der Waals surface area (Å²) in [4.78, 5) is 26.6. The topological polar surface area (TPSA) is 74.3 Å². The van der Waals surface area contributed by atoms with Crippen molar-refractivity contribution in [2.75, 3.05) is 33.9 Å². The van der Waals surface area contributed by atoms with Gasteiger partial charge in [-0.25, -0.2) is 4.79 Å². The smallest absolute Gasteiger partial charge is 0.409 e. The molecule has 29 heavy (non-hydrogen) atoms. The second-order valence-electron chi connectivity index (χ2n) is 7.98. The lowest BCUT2D eigenvalue weighted by molar-refractivity contribution is -0.154. The van der Waals surface area contributed by atoms with Gasteiger partial charge in [0.1, 0.15) is 0 Å². The highest BCUT2D eigenvalue weighted by molar-refractivity contribution is 5.81. The summed E-state index contributed by atoms with van der Waals surface area (Å²) < 4.78 is 22.0. The Morgan fingerprint density at radius 2 is 1.90 bits per heavy atom. The van der Waals surface area contributed by atoms with Gasteiger partial charge in [-0.05, 0) is 57.2 Å². The van der Waals surface area contributed by atoms with E-state index in [0.29, 0.717) is 18.0 Å². The van der Waals surface area contributed by atoms with Gasteiger partial charge in [-0.3, -0.25) is 4.79 Å². The minimum Gasteiger partial charge on any atom is -0.493 e. The number of methoxy groups -OCH3 is 2. The van der Waals surface area contributed by atoms with Crippen LogP contribution in [0.3, 0.4) is 0 Å². The number of hydrogen-bond donors (Lipinski definition) is 0. The molecule has 7 heteroatoms. The predicted octanol–water partition coefficient (Wildman–Crippen LogP) is 3.75. The molecule has 2 atom stereocenters. The number of hydrogen-bond acceptors (Lipinski definition) is 6. The number of esters is 1. The fraction of sp³-hybridized carbons (Fsp3) is 0.636. The lowest BCUT2D eigenvalue weighted by atomic mass is 9.76. The molecule has 0 unspecified atom stereocenters. The lowest BCUT2D eigenvalue weighted by Gasteiger charge is -2.28. The molecule has 0 bridgehead atoms. The minimum absolute atomic E-state index is 0.186. The molecule has 1 saturated carbocycles. The third-order valence-electron chi connectivity index (χ3n) is 6.05. The van der Waals surface area contributed by atoms with Crippen molar-refractivity contribution in [2.45, 2.75) is 51.6 Å². The van der Waals surface area contributed by atoms with Crippen molar-refractivity contribution in [3.8, 4) is 11.5 Å². The van der Waals surface area contributed by atoms with Crippen LogP contribution < -0.4 is 9.47 Å². The third kappa shape index (κ3) is 4.28. The Balaban J connectivity index is 1.94. The van der Waals surface area contributed by atoms with Crippen LogP contribution in [0.2, 0.25) is 0 Å². The van der Waals surface area contributed by atoms with E-state index in [2.05, 4.69) is 0 Å². The van der Waals surface area contributed by atoms with Crippen molar-refractivity contribution in [3.05, 3.63) is 23.8 Å². The van der Waals surface area contributed by atoms with Gasteiger partial charge in [-0.2, -0.15) is 0 Å². The van der Waals surface area contributed by atoms with Crippen LogP contribution in [-0.2, 0) is 14.3 Å². The van der Waals surface area contributed by atoms with Crippen LogP contribution in [-0.4, -0.2) is 57.0 Å². The van der Waals surface area contributed by atoms with Gasteiger partial charge in [0.25, 0.3) is 0 Å². The standard InChI is InChI=1S/C22H31NO6/c1-5-28-20(24)22(2)14-23(21(25)27-4)13-17(22)15-10-11-18(26-3)19(12-15)29-16-8-6-7-9-16/h10-12,16-17H,5-9,13-14H2,1-4H3/t17-,22+/m0/s1. The quantitative estimate of drug-likeness (QED) is 0.671. The normalized spacial score (nSPS) is 24.4. The first-order valence-electron chi connectivity index (χ1n) is 10.3. The van der Waals surface area contributed by atoms with Crippen molar-refractivity contribution in [3.63, 3.8) is 0 Å². The van der Waals surface area contributed by atoms with E-state index in [1.54, 1.807) is 18.9 Å². The molecule has 0 aromatic heterocycles. The van der Waals surface area contributed by atoms with Crippen molar-refractivity contribution in [2.24, 2.45) is 5.41 Å². The molecule has 3 rings (SSSR count). The Kier molecular flexibility index (Phi) is 6.55. The molecule has 1 saturated heterocycles. The molecule has 1 aliphatic carbocycles. The lowest BCUT2D eigenvalue weighted by Crippen LogP contribution is -2.38. The highest BCUT2D eigenvalue weighted by atomic mass is 16.5. The first-order chi connectivity index (χ1) is 13.9. The summed E-state index contributed by atoms with van der Waals surface area (Å²) in [7, 11) is 2.96. The minimum atomic E-state index is -0.872. The van der Waals surface area contributed by atoms with Gasteiger partial charge in [0, 0.05) is 19.0 Å². The average Bonchev–Trinajstić information content (AvgIpc) is 3.36. The molecule has 0 spiro atoms. The van der Waals surface area contributed by atoms with Gasteiger partial charge in [-0.1, -0.05) is 6.07 Å². The Morgan fingerprint density at radius 1 is 1.17 bits per heavy atom. The average molecular weight is 405 g/mol. The molecular formula is C22H31NO6. The van der Waals surface area contributed by atoms with Gasteiger partial charge >= 0.3 is 12.1 Å². The molecule has 1 aromatic carbocycles. The molecule has 1 amide bonds. The molecule has 160 valence electrons. The summed E-state index contributed by atoms with van der Waals surface area (Å²) in [5, 5.41) is 0. The SMILES string of the molecule is CCOC(=O)[C@]1(C)CN(C(=O)OC)C[C@H]1c1ccc(OC)c(OC2CCCC2)c1. The molecule has 2 fully saturated rings. The zero-order chi connectivity index (χ0) is 21.0. The Morgan fingerprint density at radius 3 is 2.52 bits per heavy atom. The van der Waals surface area contributed by atoms with E-state index < -0.39 is 11.5 Å². The van der Waals surface area contributed by atoms with Gasteiger partial charge < -0.3 is 23.8 Å². The van der Waals surface area contributed by atoms with Gasteiger partial charge in [0.2, 0.25) is 0 Å². The Hall–Kier alpha value is -2.44. The van der Waals surface area contributed by atoms with E-state index >= 15 is 0 Å². The summed E-state index contributed by atoms with van der Waals surface area (Å²) in [5.74, 6) is 0.795. The van der Waals surface area contributed by atoms with Crippen LogP contribution in [0.1, 0.15) is 51.0 Å². The largest absolute Gasteiger partial charge is 0.493 e. The highest BCUT2D eigenvalue weighted by Gasteiger charge is 2.52. The fourth-order valence-corrected chi connectivity index (χ4v) is 4.43. The van der Waals surface area contributed by atoms with E-state index in [4.69, 9.17) is 18.9 Å². The van der Waals surface area contributed by atoms with Gasteiger partial charge in [0.15, 0.2) is 11.5 Å². The first-order valence-corrected chi connectivity index (χ1v) is 10.3. The van der Waals surface area contributed by atoms with Gasteiger partial charge in [0.05, 0.1) is 32.3 Å². The van der Waals surface area contributed by atoms with E-state index in [1.165, 1.54) is 20.0 Å². The Bertz CT molecular complexity index is 745. The van der Waals surface area contributed by atoms with Crippen LogP contribution in [0.4, 0.5) is 4.79 Å². The maximum atomic E-state index is 12.8. The third-order valence-corrected chi connectivity index (χ3v) is 6.05. The van der Waals surface area contributed by atoms with E-state index in [-0.39, 0.29) is 31.1 Å². The fourth-order valence-electron chi connectivity index (χ4n) is 4.43. The monoisotopic (exact) mass is 405 g/mol. The number of rotatable bonds is 6. The number of likely N-dealkylation sites (tertiary alicyclic amines) is 1. The summed E-state index contributed by atoms with van der Waals surface area (Å²) in [6, 6.07) is 5.75. The zero-order valence-electron chi connectivity index (χ0n) is 17.7. The number of benzene rings is 1. The number of amides is 1. The molecule has 0 N–H and O–H groups in total. The number of carbonyl (C=O) groups excluding carboxylic acids is 2. The predicted molar refractivity (Wildman–Crippen MR) is 107 cm³/mol. The van der Waals surface area contributed by atoms with E-state index in [1.807, 2.05) is 25.1 Å². The van der Waals surface area contributed by atoms with Crippen molar-refractivity contribution < 1.29 is 28.5 Å². The molecular weight excluding hydrogens is 374 g/mol. The molecule has 2 aliphatic rings. The van der Waals surface area contributed by atoms with Crippen LogP contribution >= 0.6 is 0 Å². The molecule has 1 aromatic rings. The van der Waals surface area contributed by atoms with Crippen molar-refractivity contribution in [1.29, 1.82) is 0 Å². The van der Waals surface area contributed by atoms with Crippen molar-refractivity contribution >= 4 is 12.1 Å². The maximum Gasteiger partial charge on any atom is 0.409 e. The van der Waals surface area contributed by atoms with Crippen LogP contribution in [0.25, 0.3) is 0 Å².